The maximum Gasteiger partial charge on any atom is 0.0400 e. The fourth-order valence-electron chi connectivity index (χ4n) is 0.785. The molecule has 0 saturated carbocycles. The van der Waals surface area contributed by atoms with Gasteiger partial charge in [0.2, 0.25) is 0 Å². The van der Waals surface area contributed by atoms with Crippen LogP contribution >= 0.6 is 0 Å². The van der Waals surface area contributed by atoms with Crippen molar-refractivity contribution in [1.82, 2.24) is 4.90 Å². The molecule has 1 heteroatoms. The van der Waals surface area contributed by atoms with Gasteiger partial charge in [-0.3, -0.25) is 0 Å². The summed E-state index contributed by atoms with van der Waals surface area (Å²) in [4.78, 5) is 1.91. The Kier molecular flexibility index (Phi) is 23.9. The molecule has 0 spiro atoms. The summed E-state index contributed by atoms with van der Waals surface area (Å²) in [6.07, 6.45) is 9.41. The van der Waals surface area contributed by atoms with Crippen LogP contribution in [-0.2, 0) is 0 Å². The summed E-state index contributed by atoms with van der Waals surface area (Å²) >= 11 is 0. The van der Waals surface area contributed by atoms with Crippen LogP contribution in [0.1, 0.15) is 41.5 Å². The molecule has 0 aromatic rings. The van der Waals surface area contributed by atoms with Crippen LogP contribution in [0, 0.1) is 0 Å². The number of allylic oxidation sites excluding steroid dienone is 3. The normalized spacial score (nSPS) is 9.33. The van der Waals surface area contributed by atoms with Crippen LogP contribution in [0.4, 0.5) is 0 Å². The van der Waals surface area contributed by atoms with Gasteiger partial charge in [0.1, 0.15) is 0 Å². The summed E-state index contributed by atoms with van der Waals surface area (Å²) in [5, 5.41) is 0. The summed E-state index contributed by atoms with van der Waals surface area (Å²) in [6, 6.07) is 0. The Morgan fingerprint density at radius 3 is 1.67 bits per heavy atom. The molecule has 0 heterocycles. The highest BCUT2D eigenvalue weighted by Gasteiger charge is 1.93. The second kappa shape index (κ2) is 18.5. The summed E-state index contributed by atoms with van der Waals surface area (Å²) < 4.78 is 0. The Morgan fingerprint density at radius 1 is 1.00 bits per heavy atom. The van der Waals surface area contributed by atoms with Gasteiger partial charge in [-0.1, -0.05) is 53.0 Å². The van der Waals surface area contributed by atoms with E-state index in [1.165, 1.54) is 0 Å². The van der Waals surface area contributed by atoms with Crippen molar-refractivity contribution < 1.29 is 0 Å². The third-order valence-electron chi connectivity index (χ3n) is 1.31. The van der Waals surface area contributed by atoms with E-state index < -0.39 is 0 Å². The fraction of sp³-hybridized carbons (Fsp3) is 0.429. The summed E-state index contributed by atoms with van der Waals surface area (Å²) in [5.74, 6) is 0. The van der Waals surface area contributed by atoms with E-state index in [-0.39, 0.29) is 0 Å². The second-order valence-corrected chi connectivity index (χ2v) is 1.99. The molecule has 0 atom stereocenters. The highest BCUT2D eigenvalue weighted by atomic mass is 15.1. The molecule has 0 amide bonds. The largest absolute Gasteiger partial charge is 0.325 e. The van der Waals surface area contributed by atoms with Crippen LogP contribution in [0.5, 0.6) is 0 Å². The van der Waals surface area contributed by atoms with Gasteiger partial charge in [-0.2, -0.15) is 0 Å². The topological polar surface area (TPSA) is 3.24 Å². The molecule has 88 valence electrons. The molecule has 0 aromatic carbocycles. The van der Waals surface area contributed by atoms with E-state index in [4.69, 9.17) is 0 Å². The van der Waals surface area contributed by atoms with Crippen LogP contribution in [0.15, 0.2) is 49.5 Å². The van der Waals surface area contributed by atoms with Crippen LogP contribution in [0.3, 0.4) is 0 Å². The third-order valence-corrected chi connectivity index (χ3v) is 1.31. The fourth-order valence-corrected chi connectivity index (χ4v) is 0.785. The Bertz CT molecular complexity index is 188. The van der Waals surface area contributed by atoms with Crippen LogP contribution in [-0.4, -0.2) is 4.90 Å². The lowest BCUT2D eigenvalue weighted by Gasteiger charge is -2.14. The van der Waals surface area contributed by atoms with Gasteiger partial charge in [-0.05, 0) is 19.9 Å². The first-order valence-corrected chi connectivity index (χ1v) is 5.62. The quantitative estimate of drug-likeness (QED) is 0.582. The molecule has 0 aliphatic rings. The Balaban J connectivity index is -0.000000318. The molecular formula is C14H27N. The van der Waals surface area contributed by atoms with E-state index in [1.807, 2.05) is 64.8 Å². The average molecular weight is 209 g/mol. The second-order valence-electron chi connectivity index (χ2n) is 1.99. The minimum atomic E-state index is 1.04. The van der Waals surface area contributed by atoms with Gasteiger partial charge in [-0.25, -0.2) is 0 Å². The molecule has 15 heavy (non-hydrogen) atoms. The van der Waals surface area contributed by atoms with Crippen LogP contribution < -0.4 is 0 Å². The molecule has 0 aromatic heterocycles. The van der Waals surface area contributed by atoms with Crippen molar-refractivity contribution in [2.75, 3.05) is 0 Å². The van der Waals surface area contributed by atoms with Gasteiger partial charge in [0.25, 0.3) is 0 Å². The molecule has 0 aliphatic heterocycles. The lowest BCUT2D eigenvalue weighted by molar-refractivity contribution is 0.651. The maximum absolute atomic E-state index is 3.69. The number of nitrogens with zero attached hydrogens (tertiary/aromatic N) is 1. The summed E-state index contributed by atoms with van der Waals surface area (Å²) in [5.41, 5.74) is 1.04. The molecule has 1 nitrogen and oxygen atoms in total. The molecule has 0 unspecified atom stereocenters. The van der Waals surface area contributed by atoms with Crippen molar-refractivity contribution in [2.45, 2.75) is 41.5 Å². The van der Waals surface area contributed by atoms with Gasteiger partial charge < -0.3 is 4.90 Å². The predicted octanol–water partition coefficient (Wildman–Crippen LogP) is 5.11. The van der Waals surface area contributed by atoms with Gasteiger partial charge in [-0.15, -0.1) is 0 Å². The third kappa shape index (κ3) is 10.7. The molecule has 0 radical (unpaired) electrons. The lowest BCUT2D eigenvalue weighted by atomic mass is 10.3. The lowest BCUT2D eigenvalue weighted by Crippen LogP contribution is -2.05. The van der Waals surface area contributed by atoms with E-state index in [1.54, 1.807) is 12.3 Å². The molecule has 0 aliphatic carbocycles. The van der Waals surface area contributed by atoms with E-state index in [2.05, 4.69) is 13.2 Å². The first kappa shape index (κ1) is 19.4. The first-order chi connectivity index (χ1) is 7.29. The van der Waals surface area contributed by atoms with Crippen molar-refractivity contribution in [3.8, 4) is 0 Å². The zero-order valence-electron chi connectivity index (χ0n) is 11.2. The first-order valence-electron chi connectivity index (χ1n) is 5.62. The standard InChI is InChI=1S/C10H15N.2C2H6/c1-5-9-11(8-4)10(6-2)7-3;2*1-2/h5-9H,2,4H2,1,3H3;2*1-2H3/b9-5-,10-7-;;. The summed E-state index contributed by atoms with van der Waals surface area (Å²) in [6.45, 7) is 19.3. The van der Waals surface area contributed by atoms with Crippen molar-refractivity contribution in [2.24, 2.45) is 0 Å². The Morgan fingerprint density at radius 2 is 1.47 bits per heavy atom. The molecular weight excluding hydrogens is 182 g/mol. The van der Waals surface area contributed by atoms with Crippen LogP contribution in [0.2, 0.25) is 0 Å². The minimum absolute atomic E-state index is 1.04. The zero-order chi connectivity index (χ0) is 12.7. The number of rotatable bonds is 4. The average Bonchev–Trinajstić information content (AvgIpc) is 2.34. The van der Waals surface area contributed by atoms with Crippen molar-refractivity contribution in [1.29, 1.82) is 0 Å². The van der Waals surface area contributed by atoms with Gasteiger partial charge in [0.15, 0.2) is 0 Å². The van der Waals surface area contributed by atoms with Crippen molar-refractivity contribution in [3.05, 3.63) is 49.5 Å². The molecule has 0 bridgehead atoms. The van der Waals surface area contributed by atoms with Crippen molar-refractivity contribution in [3.63, 3.8) is 0 Å². The van der Waals surface area contributed by atoms with E-state index in [0.29, 0.717) is 0 Å². The monoisotopic (exact) mass is 209 g/mol. The SMILES string of the molecule is C=C/C(=C/C)N(C=C)/C=C\C.CC.CC. The molecule has 0 N–H and O–H groups in total. The predicted molar refractivity (Wildman–Crippen MR) is 73.5 cm³/mol. The van der Waals surface area contributed by atoms with Gasteiger partial charge in [0, 0.05) is 18.1 Å². The van der Waals surface area contributed by atoms with E-state index >= 15 is 0 Å². The highest BCUT2D eigenvalue weighted by molar-refractivity contribution is 5.18. The molecule has 0 saturated heterocycles. The molecule has 0 rings (SSSR count). The van der Waals surface area contributed by atoms with Crippen molar-refractivity contribution >= 4 is 0 Å². The highest BCUT2D eigenvalue weighted by Crippen LogP contribution is 2.05. The summed E-state index contributed by atoms with van der Waals surface area (Å²) in [7, 11) is 0. The number of hydrogen-bond acceptors (Lipinski definition) is 1. The number of hydrogen-bond donors (Lipinski definition) is 0. The Labute approximate surface area is 96.5 Å². The molecule has 0 fully saturated rings. The maximum atomic E-state index is 3.69. The zero-order valence-corrected chi connectivity index (χ0v) is 11.2. The smallest absolute Gasteiger partial charge is 0.0400 e. The minimum Gasteiger partial charge on any atom is -0.325 e. The van der Waals surface area contributed by atoms with E-state index in [9.17, 15) is 0 Å². The Hall–Kier alpha value is -1.24. The van der Waals surface area contributed by atoms with Gasteiger partial charge >= 0.3 is 0 Å². The van der Waals surface area contributed by atoms with Gasteiger partial charge in [0.05, 0.1) is 0 Å². The van der Waals surface area contributed by atoms with E-state index in [0.717, 1.165) is 5.70 Å². The van der Waals surface area contributed by atoms with Crippen LogP contribution in [0.25, 0.3) is 0 Å².